The zero-order valence-electron chi connectivity index (χ0n) is 21.3. The number of fused-ring (bicyclic) bond motifs is 1. The molecule has 0 aliphatic rings. The van der Waals surface area contributed by atoms with Crippen molar-refractivity contribution in [3.05, 3.63) is 96.6 Å². The van der Waals surface area contributed by atoms with Gasteiger partial charge in [0.15, 0.2) is 0 Å². The smallest absolute Gasteiger partial charge is 0.321 e. The maximum atomic E-state index is 12.7. The van der Waals surface area contributed by atoms with Crippen molar-refractivity contribution < 1.29 is 19.1 Å². The summed E-state index contributed by atoms with van der Waals surface area (Å²) in [5.41, 5.74) is 3.96. The Morgan fingerprint density at radius 3 is 2.43 bits per heavy atom. The first kappa shape index (κ1) is 25.8. The Labute approximate surface area is 217 Å². The highest BCUT2D eigenvalue weighted by Gasteiger charge is 2.15. The van der Waals surface area contributed by atoms with Crippen LogP contribution in [0.5, 0.6) is 5.75 Å². The Hall–Kier alpha value is -4.32. The molecular weight excluding hydrogens is 464 g/mol. The number of ether oxygens (including phenoxy) is 2. The highest BCUT2D eigenvalue weighted by Crippen LogP contribution is 2.33. The molecule has 0 saturated carbocycles. The number of anilines is 1. The molecule has 190 valence electrons. The summed E-state index contributed by atoms with van der Waals surface area (Å²) in [6.45, 7) is 3.18. The molecule has 4 aromatic rings. The number of urea groups is 1. The summed E-state index contributed by atoms with van der Waals surface area (Å²) in [4.78, 5) is 26.0. The number of aryl methyl sites for hydroxylation is 1. The lowest BCUT2D eigenvalue weighted by atomic mass is 9.98. The van der Waals surface area contributed by atoms with E-state index in [9.17, 15) is 9.59 Å². The third-order valence-corrected chi connectivity index (χ3v) is 6.14. The number of nitrogens with one attached hydrogen (secondary N) is 1. The molecule has 6 nitrogen and oxygen atoms in total. The van der Waals surface area contributed by atoms with Crippen LogP contribution in [-0.2, 0) is 16.0 Å². The van der Waals surface area contributed by atoms with Gasteiger partial charge >= 0.3 is 12.0 Å². The van der Waals surface area contributed by atoms with Gasteiger partial charge in [-0.2, -0.15) is 0 Å². The van der Waals surface area contributed by atoms with Gasteiger partial charge in [0.05, 0.1) is 13.7 Å². The van der Waals surface area contributed by atoms with Gasteiger partial charge in [-0.15, -0.1) is 0 Å². The first-order chi connectivity index (χ1) is 18.1. The maximum absolute atomic E-state index is 12.7. The topological polar surface area (TPSA) is 67.9 Å². The fourth-order valence-electron chi connectivity index (χ4n) is 4.27. The van der Waals surface area contributed by atoms with Crippen molar-refractivity contribution in [1.82, 2.24) is 5.32 Å². The number of esters is 1. The molecule has 0 spiro atoms. The van der Waals surface area contributed by atoms with Gasteiger partial charge in [-0.05, 0) is 59.7 Å². The number of amides is 2. The summed E-state index contributed by atoms with van der Waals surface area (Å²) in [7, 11) is 1.41. The predicted molar refractivity (Wildman–Crippen MR) is 148 cm³/mol. The summed E-state index contributed by atoms with van der Waals surface area (Å²) < 4.78 is 11.1. The van der Waals surface area contributed by atoms with Crippen molar-refractivity contribution in [2.75, 3.05) is 31.7 Å². The van der Waals surface area contributed by atoms with Crippen molar-refractivity contribution >= 4 is 28.5 Å². The van der Waals surface area contributed by atoms with Crippen LogP contribution in [0.2, 0.25) is 0 Å². The zero-order chi connectivity index (χ0) is 26.0. The van der Waals surface area contributed by atoms with Crippen molar-refractivity contribution in [3.63, 3.8) is 0 Å². The predicted octanol–water partition coefficient (Wildman–Crippen LogP) is 6.23. The van der Waals surface area contributed by atoms with Gasteiger partial charge in [-0.25, -0.2) is 4.79 Å². The Morgan fingerprint density at radius 1 is 0.865 bits per heavy atom. The molecule has 6 heteroatoms. The van der Waals surface area contributed by atoms with Crippen molar-refractivity contribution in [2.24, 2.45) is 0 Å². The summed E-state index contributed by atoms with van der Waals surface area (Å²) >= 11 is 0. The van der Waals surface area contributed by atoms with Crippen molar-refractivity contribution in [2.45, 2.75) is 19.8 Å². The molecule has 0 bridgehead atoms. The molecule has 0 aliphatic carbocycles. The summed E-state index contributed by atoms with van der Waals surface area (Å²) in [5.74, 6) is 0.543. The molecule has 4 aromatic carbocycles. The zero-order valence-corrected chi connectivity index (χ0v) is 21.3. The van der Waals surface area contributed by atoms with Gasteiger partial charge in [-0.1, -0.05) is 66.7 Å². The second-order valence-corrected chi connectivity index (χ2v) is 8.64. The number of para-hydroxylation sites is 1. The molecule has 4 rings (SSSR count). The standard InChI is InChI=1S/C31H32N2O4/c1-3-32-31(35)33(27-13-5-4-6-14-27)18-19-37-29-22-26(21-25-11-7-8-15-28(25)29)24-12-9-10-23(20-24)16-17-30(34)36-2/h4-15,20-22H,3,16-19H2,1-2H3,(H,32,35). The monoisotopic (exact) mass is 496 g/mol. The van der Waals surface area contributed by atoms with E-state index in [1.165, 1.54) is 7.11 Å². The third kappa shape index (κ3) is 6.67. The van der Waals surface area contributed by atoms with Gasteiger partial charge in [0.1, 0.15) is 12.4 Å². The van der Waals surface area contributed by atoms with Crippen LogP contribution >= 0.6 is 0 Å². The lowest BCUT2D eigenvalue weighted by Gasteiger charge is -2.23. The first-order valence-corrected chi connectivity index (χ1v) is 12.5. The molecule has 0 heterocycles. The third-order valence-electron chi connectivity index (χ3n) is 6.14. The van der Waals surface area contributed by atoms with Crippen LogP contribution in [0.25, 0.3) is 21.9 Å². The lowest BCUT2D eigenvalue weighted by molar-refractivity contribution is -0.140. The fourth-order valence-corrected chi connectivity index (χ4v) is 4.27. The average Bonchev–Trinajstić information content (AvgIpc) is 2.94. The number of nitrogens with zero attached hydrogens (tertiary/aromatic N) is 1. The molecule has 0 radical (unpaired) electrons. The lowest BCUT2D eigenvalue weighted by Crippen LogP contribution is -2.42. The number of methoxy groups -OCH3 is 1. The largest absolute Gasteiger partial charge is 0.491 e. The van der Waals surface area contributed by atoms with Crippen LogP contribution in [0.15, 0.2) is 91.0 Å². The Bertz CT molecular complexity index is 1350. The highest BCUT2D eigenvalue weighted by atomic mass is 16.5. The Balaban J connectivity index is 1.57. The second-order valence-electron chi connectivity index (χ2n) is 8.64. The van der Waals surface area contributed by atoms with Gasteiger partial charge in [0.2, 0.25) is 0 Å². The summed E-state index contributed by atoms with van der Waals surface area (Å²) in [6.07, 6.45) is 0.960. The minimum absolute atomic E-state index is 0.153. The van der Waals surface area contributed by atoms with Gasteiger partial charge in [0.25, 0.3) is 0 Å². The van der Waals surface area contributed by atoms with E-state index in [0.717, 1.165) is 38.9 Å². The molecule has 0 aromatic heterocycles. The molecule has 0 unspecified atom stereocenters. The minimum Gasteiger partial charge on any atom is -0.491 e. The van der Waals surface area contributed by atoms with Crippen LogP contribution < -0.4 is 15.0 Å². The van der Waals surface area contributed by atoms with E-state index in [0.29, 0.717) is 32.5 Å². The van der Waals surface area contributed by atoms with E-state index in [1.54, 1.807) is 4.90 Å². The van der Waals surface area contributed by atoms with E-state index in [-0.39, 0.29) is 12.0 Å². The minimum atomic E-state index is -0.219. The quantitative estimate of drug-likeness (QED) is 0.264. The number of hydrogen-bond acceptors (Lipinski definition) is 4. The van der Waals surface area contributed by atoms with E-state index in [4.69, 9.17) is 9.47 Å². The van der Waals surface area contributed by atoms with E-state index in [2.05, 4.69) is 29.6 Å². The van der Waals surface area contributed by atoms with Crippen molar-refractivity contribution in [1.29, 1.82) is 0 Å². The number of carbonyl (C=O) groups excluding carboxylic acids is 2. The SMILES string of the molecule is CCNC(=O)N(CCOc1cc(-c2cccc(CCC(=O)OC)c2)cc2ccccc12)c1ccccc1. The van der Waals surface area contributed by atoms with Crippen LogP contribution in [-0.4, -0.2) is 38.8 Å². The van der Waals surface area contributed by atoms with Gasteiger partial charge < -0.3 is 14.8 Å². The summed E-state index contributed by atoms with van der Waals surface area (Å²) in [6, 6.07) is 29.9. The molecule has 0 atom stereocenters. The number of rotatable bonds is 10. The Morgan fingerprint density at radius 2 is 1.65 bits per heavy atom. The molecule has 2 amide bonds. The molecule has 0 saturated heterocycles. The Kier molecular flexibility index (Phi) is 8.76. The van der Waals surface area contributed by atoms with Crippen molar-refractivity contribution in [3.8, 4) is 16.9 Å². The summed E-state index contributed by atoms with van der Waals surface area (Å²) in [5, 5.41) is 4.96. The molecule has 37 heavy (non-hydrogen) atoms. The van der Waals surface area contributed by atoms with Crippen LogP contribution in [0.3, 0.4) is 0 Å². The fraction of sp³-hybridized carbons (Fsp3) is 0.226. The van der Waals surface area contributed by atoms with Crippen LogP contribution in [0, 0.1) is 0 Å². The first-order valence-electron chi connectivity index (χ1n) is 12.5. The number of benzene rings is 4. The molecule has 0 aliphatic heterocycles. The molecule has 0 fully saturated rings. The average molecular weight is 497 g/mol. The normalized spacial score (nSPS) is 10.6. The maximum Gasteiger partial charge on any atom is 0.321 e. The highest BCUT2D eigenvalue weighted by molar-refractivity contribution is 5.93. The van der Waals surface area contributed by atoms with E-state index in [1.807, 2.05) is 73.7 Å². The number of hydrogen-bond donors (Lipinski definition) is 1. The van der Waals surface area contributed by atoms with E-state index < -0.39 is 0 Å². The second kappa shape index (κ2) is 12.6. The van der Waals surface area contributed by atoms with E-state index >= 15 is 0 Å². The van der Waals surface area contributed by atoms with Crippen LogP contribution in [0.1, 0.15) is 18.9 Å². The van der Waals surface area contributed by atoms with Gasteiger partial charge in [-0.3, -0.25) is 9.69 Å². The van der Waals surface area contributed by atoms with Crippen LogP contribution in [0.4, 0.5) is 10.5 Å². The van der Waals surface area contributed by atoms with Gasteiger partial charge in [0, 0.05) is 24.0 Å². The molecule has 1 N–H and O–H groups in total. The molecular formula is C31H32N2O4. The number of carbonyl (C=O) groups is 2.